The molecule has 6 nitrogen and oxygen atoms in total. The summed E-state index contributed by atoms with van der Waals surface area (Å²) in [6, 6.07) is 27.0. The molecule has 2 N–H and O–H groups in total. The SMILES string of the molecule is Cc1ccc2c(NC(=O)OCc3ccccc3Cl)c(-c3ccc(-c4ccc(C5(C(=O)O)CC5)cc4)cc3)sc2n1. The number of hydrogen-bond acceptors (Lipinski definition) is 5. The number of aliphatic carboxylic acids is 1. The summed E-state index contributed by atoms with van der Waals surface area (Å²) in [7, 11) is 0. The number of aromatic nitrogens is 1. The summed E-state index contributed by atoms with van der Waals surface area (Å²) in [6.45, 7) is 1.99. The molecular formula is C32H25ClN2O4S. The zero-order valence-corrected chi connectivity index (χ0v) is 23.2. The maximum atomic E-state index is 12.8. The highest BCUT2D eigenvalue weighted by Gasteiger charge is 2.51. The minimum atomic E-state index is -0.755. The van der Waals surface area contributed by atoms with E-state index in [2.05, 4.69) is 10.3 Å². The second-order valence-corrected chi connectivity index (χ2v) is 11.4. The van der Waals surface area contributed by atoms with Gasteiger partial charge in [-0.15, -0.1) is 11.3 Å². The molecule has 0 bridgehead atoms. The lowest BCUT2D eigenvalue weighted by molar-refractivity contribution is -0.140. The Balaban J connectivity index is 1.26. The molecule has 0 saturated heterocycles. The third-order valence-corrected chi connectivity index (χ3v) is 8.83. The van der Waals surface area contributed by atoms with Crippen LogP contribution in [-0.2, 0) is 21.6 Å². The molecule has 1 fully saturated rings. The van der Waals surface area contributed by atoms with Crippen LogP contribution in [0.25, 0.3) is 31.8 Å². The van der Waals surface area contributed by atoms with Gasteiger partial charge in [-0.2, -0.15) is 0 Å². The van der Waals surface area contributed by atoms with Gasteiger partial charge in [-0.25, -0.2) is 9.78 Å². The Morgan fingerprint density at radius 2 is 1.60 bits per heavy atom. The Morgan fingerprint density at radius 1 is 0.950 bits per heavy atom. The van der Waals surface area contributed by atoms with Crippen LogP contribution in [0.4, 0.5) is 10.5 Å². The van der Waals surface area contributed by atoms with Crippen molar-refractivity contribution < 1.29 is 19.4 Å². The van der Waals surface area contributed by atoms with Crippen LogP contribution < -0.4 is 5.32 Å². The molecule has 0 spiro atoms. The second-order valence-electron chi connectivity index (χ2n) is 9.95. The number of benzene rings is 3. The molecule has 8 heteroatoms. The summed E-state index contributed by atoms with van der Waals surface area (Å²) >= 11 is 7.71. The zero-order valence-electron chi connectivity index (χ0n) is 21.6. The van der Waals surface area contributed by atoms with Gasteiger partial charge in [0, 0.05) is 21.7 Å². The van der Waals surface area contributed by atoms with Crippen molar-refractivity contribution in [3.63, 3.8) is 0 Å². The Labute approximate surface area is 240 Å². The molecule has 0 aliphatic heterocycles. The highest BCUT2D eigenvalue weighted by Crippen LogP contribution is 2.49. The second kappa shape index (κ2) is 10.4. The fourth-order valence-corrected chi connectivity index (χ4v) is 6.21. The van der Waals surface area contributed by atoms with Crippen LogP contribution in [0.15, 0.2) is 84.9 Å². The van der Waals surface area contributed by atoms with Crippen molar-refractivity contribution in [3.05, 3.63) is 107 Å². The number of carbonyl (C=O) groups is 2. The van der Waals surface area contributed by atoms with Gasteiger partial charge in [0.2, 0.25) is 0 Å². The molecule has 2 heterocycles. The molecule has 5 aromatic rings. The van der Waals surface area contributed by atoms with Crippen molar-refractivity contribution in [2.45, 2.75) is 31.8 Å². The number of halogens is 1. The molecule has 0 unspecified atom stereocenters. The number of carbonyl (C=O) groups excluding carboxylic acids is 1. The molecule has 3 aromatic carbocycles. The van der Waals surface area contributed by atoms with E-state index < -0.39 is 17.5 Å². The van der Waals surface area contributed by atoms with Gasteiger partial charge in [0.15, 0.2) is 0 Å². The average molecular weight is 569 g/mol. The number of nitrogens with one attached hydrogen (secondary N) is 1. The average Bonchev–Trinajstić information content (AvgIpc) is 3.71. The van der Waals surface area contributed by atoms with Crippen LogP contribution in [0.5, 0.6) is 0 Å². The maximum absolute atomic E-state index is 12.8. The van der Waals surface area contributed by atoms with Gasteiger partial charge in [0.05, 0.1) is 16.0 Å². The van der Waals surface area contributed by atoms with Crippen molar-refractivity contribution >= 4 is 50.9 Å². The predicted octanol–water partition coefficient (Wildman–Crippen LogP) is 8.46. The lowest BCUT2D eigenvalue weighted by Gasteiger charge is -2.12. The van der Waals surface area contributed by atoms with Crippen LogP contribution in [0, 0.1) is 6.92 Å². The van der Waals surface area contributed by atoms with Gasteiger partial charge in [-0.3, -0.25) is 10.1 Å². The molecule has 200 valence electrons. The Morgan fingerprint density at radius 3 is 2.25 bits per heavy atom. The minimum Gasteiger partial charge on any atom is -0.481 e. The van der Waals surface area contributed by atoms with Crippen molar-refractivity contribution in [1.29, 1.82) is 0 Å². The molecule has 40 heavy (non-hydrogen) atoms. The third kappa shape index (κ3) is 4.94. The van der Waals surface area contributed by atoms with Gasteiger partial charge < -0.3 is 9.84 Å². The number of fused-ring (bicyclic) bond motifs is 1. The largest absolute Gasteiger partial charge is 0.481 e. The zero-order chi connectivity index (χ0) is 27.9. The lowest BCUT2D eigenvalue weighted by Crippen LogP contribution is -2.19. The van der Waals surface area contributed by atoms with E-state index in [1.165, 1.54) is 11.3 Å². The summed E-state index contributed by atoms with van der Waals surface area (Å²) in [5, 5.41) is 13.9. The van der Waals surface area contributed by atoms with E-state index in [1.54, 1.807) is 6.07 Å². The summed E-state index contributed by atoms with van der Waals surface area (Å²) in [4.78, 5) is 30.9. The number of anilines is 1. The van der Waals surface area contributed by atoms with E-state index in [-0.39, 0.29) is 6.61 Å². The standard InChI is InChI=1S/C32H25ClN2O4S/c1-19-6-15-25-27(35-31(38)39-18-23-4-2-3-5-26(23)33)28(40-29(25)34-19)22-9-7-20(8-10-22)21-11-13-24(14-12-21)32(16-17-32)30(36)37/h2-15H,16-18H2,1H3,(H,35,38)(H,36,37). The normalized spacial score (nSPS) is 13.7. The number of aryl methyl sites for hydroxylation is 1. The van der Waals surface area contributed by atoms with Gasteiger partial charge in [-0.05, 0) is 60.2 Å². The molecule has 0 radical (unpaired) electrons. The Bertz CT molecular complexity index is 1740. The van der Waals surface area contributed by atoms with Crippen molar-refractivity contribution in [2.75, 3.05) is 5.32 Å². The number of thiophene rings is 1. The molecule has 1 aliphatic carbocycles. The molecule has 1 amide bonds. The summed E-state index contributed by atoms with van der Waals surface area (Å²) < 4.78 is 5.49. The van der Waals surface area contributed by atoms with E-state index in [0.717, 1.165) is 48.6 Å². The third-order valence-electron chi connectivity index (χ3n) is 7.32. The maximum Gasteiger partial charge on any atom is 0.412 e. The topological polar surface area (TPSA) is 88.5 Å². The lowest BCUT2D eigenvalue weighted by atomic mass is 9.93. The summed E-state index contributed by atoms with van der Waals surface area (Å²) in [5.41, 5.74) is 5.36. The van der Waals surface area contributed by atoms with Gasteiger partial charge in [-0.1, -0.05) is 78.3 Å². The van der Waals surface area contributed by atoms with E-state index in [1.807, 2.05) is 85.8 Å². The highest BCUT2D eigenvalue weighted by molar-refractivity contribution is 7.22. The fraction of sp³-hybridized carbons (Fsp3) is 0.156. The number of rotatable bonds is 7. The number of ether oxygens (including phenoxy) is 1. The van der Waals surface area contributed by atoms with E-state index >= 15 is 0 Å². The van der Waals surface area contributed by atoms with Crippen LogP contribution in [0.2, 0.25) is 5.02 Å². The highest BCUT2D eigenvalue weighted by atomic mass is 35.5. The fourth-order valence-electron chi connectivity index (χ4n) is 4.84. The first-order valence-electron chi connectivity index (χ1n) is 12.9. The first kappa shape index (κ1) is 26.0. The first-order valence-corrected chi connectivity index (χ1v) is 14.1. The molecule has 0 atom stereocenters. The van der Waals surface area contributed by atoms with Gasteiger partial charge in [0.1, 0.15) is 11.4 Å². The monoisotopic (exact) mass is 568 g/mol. The quantitative estimate of drug-likeness (QED) is 0.205. The summed E-state index contributed by atoms with van der Waals surface area (Å²) in [6.07, 6.45) is 0.793. The molecular weight excluding hydrogens is 544 g/mol. The molecule has 6 rings (SSSR count). The molecule has 1 saturated carbocycles. The minimum absolute atomic E-state index is 0.0569. The van der Waals surface area contributed by atoms with Gasteiger partial charge in [0.25, 0.3) is 0 Å². The van der Waals surface area contributed by atoms with Crippen LogP contribution in [-0.4, -0.2) is 22.2 Å². The number of carboxylic acid groups (broad SMARTS) is 1. The van der Waals surface area contributed by atoms with Crippen molar-refractivity contribution in [2.24, 2.45) is 0 Å². The first-order chi connectivity index (χ1) is 19.3. The van der Waals surface area contributed by atoms with E-state index in [0.29, 0.717) is 23.6 Å². The number of pyridine rings is 1. The number of amides is 1. The number of carboxylic acids is 1. The Hall–Kier alpha value is -4.20. The smallest absolute Gasteiger partial charge is 0.412 e. The predicted molar refractivity (Wildman–Crippen MR) is 159 cm³/mol. The summed E-state index contributed by atoms with van der Waals surface area (Å²) in [5.74, 6) is -0.755. The number of hydrogen-bond donors (Lipinski definition) is 2. The number of nitrogens with zero attached hydrogens (tertiary/aromatic N) is 1. The van der Waals surface area contributed by atoms with Crippen LogP contribution in [0.3, 0.4) is 0 Å². The van der Waals surface area contributed by atoms with E-state index in [4.69, 9.17) is 16.3 Å². The van der Waals surface area contributed by atoms with E-state index in [9.17, 15) is 14.7 Å². The molecule has 1 aliphatic rings. The molecule has 2 aromatic heterocycles. The van der Waals surface area contributed by atoms with Crippen molar-refractivity contribution in [3.8, 4) is 21.6 Å². The van der Waals surface area contributed by atoms with Gasteiger partial charge >= 0.3 is 12.1 Å². The van der Waals surface area contributed by atoms with Crippen molar-refractivity contribution in [1.82, 2.24) is 4.98 Å². The van der Waals surface area contributed by atoms with Crippen LogP contribution in [0.1, 0.15) is 29.7 Å². The van der Waals surface area contributed by atoms with Crippen LogP contribution >= 0.6 is 22.9 Å². The Kier molecular flexibility index (Phi) is 6.78.